The van der Waals surface area contributed by atoms with E-state index in [1.807, 2.05) is 19.1 Å². The second-order valence-corrected chi connectivity index (χ2v) is 9.11. The Morgan fingerprint density at radius 3 is 2.39 bits per heavy atom. The van der Waals surface area contributed by atoms with Crippen molar-refractivity contribution in [3.05, 3.63) is 46.4 Å². The van der Waals surface area contributed by atoms with Crippen molar-refractivity contribution in [1.82, 2.24) is 4.98 Å². The summed E-state index contributed by atoms with van der Waals surface area (Å²) in [6.07, 6.45) is 5.71. The molecule has 0 saturated heterocycles. The maximum atomic E-state index is 13.0. The van der Waals surface area contributed by atoms with Crippen LogP contribution in [0.3, 0.4) is 0 Å². The van der Waals surface area contributed by atoms with Crippen LogP contribution in [-0.4, -0.2) is 22.0 Å². The molecule has 1 heterocycles. The van der Waals surface area contributed by atoms with Gasteiger partial charge in [0.15, 0.2) is 5.13 Å². The first-order chi connectivity index (χ1) is 13.3. The molecular weight excluding hydrogens is 372 g/mol. The van der Waals surface area contributed by atoms with Gasteiger partial charge in [0.2, 0.25) is 5.91 Å². The van der Waals surface area contributed by atoms with Gasteiger partial charge in [-0.3, -0.25) is 9.59 Å². The fraction of sp³-hybridized carbons (Fsp3) is 0.409. The number of carboxylic acid groups (broad SMARTS) is 1. The fourth-order valence-corrected chi connectivity index (χ4v) is 5.49. The maximum Gasteiger partial charge on any atom is 0.307 e. The third-order valence-corrected chi connectivity index (χ3v) is 6.89. The number of hydrogen-bond acceptors (Lipinski definition) is 4. The number of rotatable bonds is 4. The number of benzene rings is 1. The SMILES string of the molecule is Cc1ccc(-c2nc(NC(=O)C3C4C=CC(CC4)C3C(=O)O)sc2C)c(C)c1. The minimum absolute atomic E-state index is 0.00836. The van der Waals surface area contributed by atoms with Crippen molar-refractivity contribution < 1.29 is 14.7 Å². The highest BCUT2D eigenvalue weighted by Crippen LogP contribution is 2.45. The molecular formula is C22H24N2O3S. The van der Waals surface area contributed by atoms with Crippen LogP contribution in [0.15, 0.2) is 30.4 Å². The summed E-state index contributed by atoms with van der Waals surface area (Å²) < 4.78 is 0. The predicted octanol–water partition coefficient (Wildman–Crippen LogP) is 4.59. The van der Waals surface area contributed by atoms with Crippen LogP contribution in [0.2, 0.25) is 0 Å². The number of amides is 1. The number of nitrogens with one attached hydrogen (secondary N) is 1. The average Bonchev–Trinajstić information content (AvgIpc) is 3.01. The van der Waals surface area contributed by atoms with E-state index in [1.54, 1.807) is 0 Å². The first-order valence-electron chi connectivity index (χ1n) is 9.62. The number of aromatic nitrogens is 1. The fourth-order valence-electron chi connectivity index (χ4n) is 4.66. The summed E-state index contributed by atoms with van der Waals surface area (Å²) in [7, 11) is 0. The second kappa shape index (κ2) is 7.17. The van der Waals surface area contributed by atoms with Gasteiger partial charge in [-0.15, -0.1) is 11.3 Å². The van der Waals surface area contributed by atoms with Crippen LogP contribution in [-0.2, 0) is 9.59 Å². The lowest BCUT2D eigenvalue weighted by molar-refractivity contribution is -0.151. The molecule has 5 rings (SSSR count). The van der Waals surface area contributed by atoms with Crippen LogP contribution in [0.4, 0.5) is 5.13 Å². The molecule has 2 aromatic rings. The Labute approximate surface area is 168 Å². The third kappa shape index (κ3) is 3.26. The lowest BCUT2D eigenvalue weighted by Crippen LogP contribution is -2.47. The number of aryl methyl sites for hydroxylation is 3. The molecule has 6 heteroatoms. The highest BCUT2D eigenvalue weighted by atomic mass is 32.1. The largest absolute Gasteiger partial charge is 0.481 e. The van der Waals surface area contributed by atoms with Gasteiger partial charge in [-0.1, -0.05) is 35.9 Å². The minimum Gasteiger partial charge on any atom is -0.481 e. The molecule has 4 unspecified atom stereocenters. The molecule has 1 amide bonds. The number of carbonyl (C=O) groups is 2. The molecule has 0 spiro atoms. The lowest BCUT2D eigenvalue weighted by atomic mass is 9.62. The van der Waals surface area contributed by atoms with Crippen LogP contribution in [0.5, 0.6) is 0 Å². The highest BCUT2D eigenvalue weighted by molar-refractivity contribution is 7.16. The van der Waals surface area contributed by atoms with E-state index in [0.717, 1.165) is 34.5 Å². The predicted molar refractivity (Wildman–Crippen MR) is 110 cm³/mol. The van der Waals surface area contributed by atoms with Crippen molar-refractivity contribution in [2.75, 3.05) is 5.32 Å². The summed E-state index contributed by atoms with van der Waals surface area (Å²) in [5.74, 6) is -2.36. The molecule has 1 aromatic carbocycles. The van der Waals surface area contributed by atoms with E-state index in [2.05, 4.69) is 42.3 Å². The Morgan fingerprint density at radius 2 is 1.79 bits per heavy atom. The molecule has 2 bridgehead atoms. The molecule has 2 N–H and O–H groups in total. The summed E-state index contributed by atoms with van der Waals surface area (Å²) in [4.78, 5) is 30.5. The van der Waals surface area contributed by atoms with Crippen molar-refractivity contribution in [3.8, 4) is 11.3 Å². The zero-order valence-electron chi connectivity index (χ0n) is 16.2. The van der Waals surface area contributed by atoms with Crippen LogP contribution >= 0.6 is 11.3 Å². The van der Waals surface area contributed by atoms with Crippen LogP contribution in [0, 0.1) is 44.4 Å². The summed E-state index contributed by atoms with van der Waals surface area (Å²) in [5, 5.41) is 13.1. The molecule has 1 saturated carbocycles. The van der Waals surface area contributed by atoms with Crippen LogP contribution in [0.1, 0.15) is 28.8 Å². The summed E-state index contributed by atoms with van der Waals surface area (Å²) in [6, 6.07) is 6.24. The average molecular weight is 397 g/mol. The first-order valence-corrected chi connectivity index (χ1v) is 10.4. The highest BCUT2D eigenvalue weighted by Gasteiger charge is 2.48. The zero-order chi connectivity index (χ0) is 20.0. The van der Waals surface area contributed by atoms with Gasteiger partial charge >= 0.3 is 5.97 Å². The molecule has 3 aliphatic carbocycles. The van der Waals surface area contributed by atoms with Crippen molar-refractivity contribution in [2.24, 2.45) is 23.7 Å². The number of nitrogens with zero attached hydrogens (tertiary/aromatic N) is 1. The third-order valence-electron chi connectivity index (χ3n) is 6.00. The Morgan fingerprint density at radius 1 is 1.11 bits per heavy atom. The number of hydrogen-bond donors (Lipinski definition) is 2. The van der Waals surface area contributed by atoms with Gasteiger partial charge in [-0.25, -0.2) is 4.98 Å². The van der Waals surface area contributed by atoms with Gasteiger partial charge in [0, 0.05) is 10.4 Å². The summed E-state index contributed by atoms with van der Waals surface area (Å²) in [6.45, 7) is 6.11. The molecule has 4 atom stereocenters. The Bertz CT molecular complexity index is 978. The van der Waals surface area contributed by atoms with Crippen LogP contribution < -0.4 is 5.32 Å². The number of anilines is 1. The standard InChI is InChI=1S/C22H24N2O3S/c1-11-4-9-16(12(2)10-11)19-13(3)28-22(23-19)24-20(25)17-14-5-7-15(8-6-14)18(17)21(26)27/h4-5,7,9-10,14-15,17-18H,6,8H2,1-3H3,(H,26,27)(H,23,24,25). The smallest absolute Gasteiger partial charge is 0.307 e. The zero-order valence-corrected chi connectivity index (χ0v) is 17.0. The van der Waals surface area contributed by atoms with Crippen molar-refractivity contribution >= 4 is 28.3 Å². The Kier molecular flexibility index (Phi) is 4.83. The second-order valence-electron chi connectivity index (χ2n) is 7.91. The van der Waals surface area contributed by atoms with Gasteiger partial charge in [-0.05, 0) is 51.0 Å². The monoisotopic (exact) mass is 396 g/mol. The minimum atomic E-state index is -0.884. The number of allylic oxidation sites excluding steroid dienone is 2. The van der Waals surface area contributed by atoms with E-state index in [-0.39, 0.29) is 17.7 Å². The van der Waals surface area contributed by atoms with Crippen molar-refractivity contribution in [1.29, 1.82) is 0 Å². The molecule has 146 valence electrons. The summed E-state index contributed by atoms with van der Waals surface area (Å²) in [5.41, 5.74) is 4.27. The topological polar surface area (TPSA) is 79.3 Å². The van der Waals surface area contributed by atoms with Gasteiger partial charge in [0.25, 0.3) is 0 Å². The van der Waals surface area contributed by atoms with E-state index in [1.165, 1.54) is 16.9 Å². The van der Waals surface area contributed by atoms with Gasteiger partial charge in [0.1, 0.15) is 0 Å². The Balaban J connectivity index is 1.59. The lowest BCUT2D eigenvalue weighted by Gasteiger charge is -2.41. The Hall–Kier alpha value is -2.47. The van der Waals surface area contributed by atoms with Gasteiger partial charge < -0.3 is 10.4 Å². The van der Waals surface area contributed by atoms with E-state index in [9.17, 15) is 14.7 Å². The van der Waals surface area contributed by atoms with Crippen molar-refractivity contribution in [3.63, 3.8) is 0 Å². The molecule has 5 nitrogen and oxygen atoms in total. The number of thiazole rings is 1. The summed E-state index contributed by atoms with van der Waals surface area (Å²) >= 11 is 1.44. The molecule has 1 aromatic heterocycles. The van der Waals surface area contributed by atoms with E-state index >= 15 is 0 Å². The number of fused-ring (bicyclic) bond motifs is 2. The van der Waals surface area contributed by atoms with Crippen LogP contribution in [0.25, 0.3) is 11.3 Å². The van der Waals surface area contributed by atoms with Crippen molar-refractivity contribution in [2.45, 2.75) is 33.6 Å². The quantitative estimate of drug-likeness (QED) is 0.741. The normalized spacial score (nSPS) is 25.7. The molecule has 1 fully saturated rings. The molecule has 28 heavy (non-hydrogen) atoms. The number of carboxylic acids is 1. The van der Waals surface area contributed by atoms with E-state index < -0.39 is 17.8 Å². The van der Waals surface area contributed by atoms with E-state index in [0.29, 0.717) is 5.13 Å². The van der Waals surface area contributed by atoms with Gasteiger partial charge in [0.05, 0.1) is 17.5 Å². The first kappa shape index (κ1) is 18.9. The number of carbonyl (C=O) groups excluding carboxylic acids is 1. The molecule has 0 aliphatic heterocycles. The number of aliphatic carboxylic acids is 1. The van der Waals surface area contributed by atoms with E-state index in [4.69, 9.17) is 0 Å². The van der Waals surface area contributed by atoms with Gasteiger partial charge in [-0.2, -0.15) is 0 Å². The maximum absolute atomic E-state index is 13.0. The molecule has 3 aliphatic rings. The molecule has 0 radical (unpaired) electrons.